The molecule has 112 valence electrons. The minimum atomic E-state index is 0.00227. The molecule has 3 rings (SSSR count). The zero-order valence-electron chi connectivity index (χ0n) is 12.7. The van der Waals surface area contributed by atoms with Crippen molar-refractivity contribution in [1.82, 2.24) is 9.55 Å². The molecule has 1 aromatic heterocycles. The molecular formula is C18H18N2OS. The van der Waals surface area contributed by atoms with Gasteiger partial charge in [-0.3, -0.25) is 9.36 Å². The third kappa shape index (κ3) is 2.55. The van der Waals surface area contributed by atoms with Crippen LogP contribution in [0.2, 0.25) is 0 Å². The van der Waals surface area contributed by atoms with Gasteiger partial charge in [0.1, 0.15) is 0 Å². The van der Waals surface area contributed by atoms with E-state index in [1.54, 1.807) is 16.3 Å². The van der Waals surface area contributed by atoms with Crippen LogP contribution in [-0.2, 0) is 6.42 Å². The van der Waals surface area contributed by atoms with Gasteiger partial charge in [0.15, 0.2) is 5.16 Å². The van der Waals surface area contributed by atoms with Gasteiger partial charge in [-0.25, -0.2) is 4.98 Å². The van der Waals surface area contributed by atoms with Crippen LogP contribution in [0.1, 0.15) is 19.4 Å². The molecule has 0 saturated heterocycles. The molecule has 3 nitrogen and oxygen atoms in total. The van der Waals surface area contributed by atoms with Gasteiger partial charge in [-0.1, -0.05) is 55.9 Å². The number of fused-ring (bicyclic) bond motifs is 1. The molecule has 0 radical (unpaired) electrons. The Morgan fingerprint density at radius 2 is 1.77 bits per heavy atom. The van der Waals surface area contributed by atoms with E-state index in [1.807, 2.05) is 42.5 Å². The number of benzene rings is 2. The molecule has 0 spiro atoms. The summed E-state index contributed by atoms with van der Waals surface area (Å²) in [5.41, 5.74) is 2.85. The van der Waals surface area contributed by atoms with Gasteiger partial charge in [-0.05, 0) is 35.9 Å². The molecule has 0 aliphatic carbocycles. The summed E-state index contributed by atoms with van der Waals surface area (Å²) in [6.45, 7) is 4.17. The van der Waals surface area contributed by atoms with Crippen molar-refractivity contribution in [3.63, 3.8) is 0 Å². The average molecular weight is 310 g/mol. The number of para-hydroxylation sites is 2. The van der Waals surface area contributed by atoms with E-state index in [0.717, 1.165) is 34.1 Å². The SMILES string of the molecule is CCSc1nc2ccccc2c(=O)n1-c1ccccc1CC. The van der Waals surface area contributed by atoms with Crippen LogP contribution in [0.4, 0.5) is 0 Å². The predicted octanol–water partition coefficient (Wildman–Crippen LogP) is 4.06. The maximum atomic E-state index is 13.0. The molecule has 0 atom stereocenters. The number of aryl methyl sites for hydroxylation is 1. The van der Waals surface area contributed by atoms with E-state index in [-0.39, 0.29) is 5.56 Å². The van der Waals surface area contributed by atoms with Crippen molar-refractivity contribution < 1.29 is 0 Å². The van der Waals surface area contributed by atoms with Gasteiger partial charge in [0.2, 0.25) is 0 Å². The Morgan fingerprint density at radius 1 is 1.05 bits per heavy atom. The summed E-state index contributed by atoms with van der Waals surface area (Å²) in [6, 6.07) is 15.6. The van der Waals surface area contributed by atoms with Gasteiger partial charge >= 0.3 is 0 Å². The lowest BCUT2D eigenvalue weighted by Gasteiger charge is -2.15. The molecule has 3 aromatic rings. The second kappa shape index (κ2) is 6.36. The van der Waals surface area contributed by atoms with Crippen LogP contribution in [0.15, 0.2) is 58.5 Å². The first-order chi connectivity index (χ1) is 10.8. The molecule has 0 aliphatic rings. The number of hydrogen-bond donors (Lipinski definition) is 0. The molecule has 0 bridgehead atoms. The van der Waals surface area contributed by atoms with Crippen LogP contribution < -0.4 is 5.56 Å². The minimum absolute atomic E-state index is 0.00227. The third-order valence-corrected chi connectivity index (χ3v) is 4.45. The monoisotopic (exact) mass is 310 g/mol. The fourth-order valence-corrected chi connectivity index (χ4v) is 3.31. The van der Waals surface area contributed by atoms with Crippen LogP contribution in [-0.4, -0.2) is 15.3 Å². The molecule has 2 aromatic carbocycles. The van der Waals surface area contributed by atoms with Crippen molar-refractivity contribution in [1.29, 1.82) is 0 Å². The normalized spacial score (nSPS) is 11.0. The molecule has 0 fully saturated rings. The Kier molecular flexibility index (Phi) is 4.29. The van der Waals surface area contributed by atoms with Crippen LogP contribution in [0, 0.1) is 0 Å². The highest BCUT2D eigenvalue weighted by atomic mass is 32.2. The molecule has 22 heavy (non-hydrogen) atoms. The van der Waals surface area contributed by atoms with Crippen molar-refractivity contribution >= 4 is 22.7 Å². The summed E-state index contributed by atoms with van der Waals surface area (Å²) in [7, 11) is 0. The maximum Gasteiger partial charge on any atom is 0.266 e. The topological polar surface area (TPSA) is 34.9 Å². The summed E-state index contributed by atoms with van der Waals surface area (Å²) in [4.78, 5) is 17.7. The highest BCUT2D eigenvalue weighted by molar-refractivity contribution is 7.99. The van der Waals surface area contributed by atoms with Gasteiger partial charge in [0.05, 0.1) is 16.6 Å². The van der Waals surface area contributed by atoms with Crippen LogP contribution >= 0.6 is 11.8 Å². The zero-order valence-corrected chi connectivity index (χ0v) is 13.6. The lowest BCUT2D eigenvalue weighted by molar-refractivity contribution is 0.809. The number of nitrogens with zero attached hydrogens (tertiary/aromatic N) is 2. The van der Waals surface area contributed by atoms with E-state index in [0.29, 0.717) is 5.39 Å². The largest absolute Gasteiger partial charge is 0.268 e. The van der Waals surface area contributed by atoms with E-state index in [2.05, 4.69) is 19.9 Å². The molecular weight excluding hydrogens is 292 g/mol. The van der Waals surface area contributed by atoms with Crippen LogP contribution in [0.25, 0.3) is 16.6 Å². The Balaban J connectivity index is 2.38. The number of thioether (sulfide) groups is 1. The summed E-state index contributed by atoms with van der Waals surface area (Å²) < 4.78 is 1.76. The molecule has 0 N–H and O–H groups in total. The van der Waals surface area contributed by atoms with Crippen molar-refractivity contribution in [2.45, 2.75) is 25.4 Å². The zero-order chi connectivity index (χ0) is 15.5. The lowest BCUT2D eigenvalue weighted by atomic mass is 10.1. The third-order valence-electron chi connectivity index (χ3n) is 3.63. The Bertz CT molecular complexity index is 870. The van der Waals surface area contributed by atoms with Crippen LogP contribution in [0.3, 0.4) is 0 Å². The Morgan fingerprint density at radius 3 is 2.55 bits per heavy atom. The number of hydrogen-bond acceptors (Lipinski definition) is 3. The molecule has 0 saturated carbocycles. The van der Waals surface area contributed by atoms with Crippen LogP contribution in [0.5, 0.6) is 0 Å². The van der Waals surface area contributed by atoms with Gasteiger partial charge in [0.25, 0.3) is 5.56 Å². The molecule has 0 unspecified atom stereocenters. The molecule has 4 heteroatoms. The molecule has 1 heterocycles. The lowest BCUT2D eigenvalue weighted by Crippen LogP contribution is -2.22. The fourth-order valence-electron chi connectivity index (χ4n) is 2.58. The predicted molar refractivity (Wildman–Crippen MR) is 93.1 cm³/mol. The van der Waals surface area contributed by atoms with Gasteiger partial charge in [-0.2, -0.15) is 0 Å². The smallest absolute Gasteiger partial charge is 0.266 e. The summed E-state index contributed by atoms with van der Waals surface area (Å²) >= 11 is 1.60. The Hall–Kier alpha value is -2.07. The van der Waals surface area contributed by atoms with Crippen molar-refractivity contribution in [2.75, 3.05) is 5.75 Å². The number of rotatable bonds is 4. The maximum absolute atomic E-state index is 13.0. The number of aromatic nitrogens is 2. The quantitative estimate of drug-likeness (QED) is 0.538. The van der Waals surface area contributed by atoms with Gasteiger partial charge in [-0.15, -0.1) is 0 Å². The van der Waals surface area contributed by atoms with E-state index in [4.69, 9.17) is 4.98 Å². The highest BCUT2D eigenvalue weighted by Crippen LogP contribution is 2.23. The standard InChI is InChI=1S/C18H18N2OS/c1-3-13-9-5-8-12-16(13)20-17(21)14-10-6-7-11-15(14)19-18(20)22-4-2/h5-12H,3-4H2,1-2H3. The average Bonchev–Trinajstić information content (AvgIpc) is 2.56. The van der Waals surface area contributed by atoms with E-state index in [9.17, 15) is 4.79 Å². The minimum Gasteiger partial charge on any atom is -0.268 e. The molecule has 0 aliphatic heterocycles. The first-order valence-electron chi connectivity index (χ1n) is 7.49. The Labute approximate surface area is 134 Å². The van der Waals surface area contributed by atoms with E-state index >= 15 is 0 Å². The van der Waals surface area contributed by atoms with Crippen molar-refractivity contribution in [3.05, 3.63) is 64.4 Å². The van der Waals surface area contributed by atoms with Crippen molar-refractivity contribution in [3.8, 4) is 5.69 Å². The summed E-state index contributed by atoms with van der Waals surface area (Å²) in [6.07, 6.45) is 0.881. The first-order valence-corrected chi connectivity index (χ1v) is 8.47. The summed E-state index contributed by atoms with van der Waals surface area (Å²) in [5, 5.41) is 1.42. The second-order valence-corrected chi connectivity index (χ2v) is 6.20. The van der Waals surface area contributed by atoms with E-state index < -0.39 is 0 Å². The van der Waals surface area contributed by atoms with Gasteiger partial charge in [0, 0.05) is 0 Å². The second-order valence-electron chi connectivity index (χ2n) is 4.97. The van der Waals surface area contributed by atoms with E-state index in [1.165, 1.54) is 0 Å². The summed E-state index contributed by atoms with van der Waals surface area (Å²) in [5.74, 6) is 0.874. The highest BCUT2D eigenvalue weighted by Gasteiger charge is 2.14. The fraction of sp³-hybridized carbons (Fsp3) is 0.222. The van der Waals surface area contributed by atoms with Gasteiger partial charge < -0.3 is 0 Å². The molecule has 0 amide bonds. The first kappa shape index (κ1) is 14.9. The van der Waals surface area contributed by atoms with Crippen molar-refractivity contribution in [2.24, 2.45) is 0 Å².